The molecule has 0 bridgehead atoms. The fraction of sp³-hybridized carbons (Fsp3) is 0.250. The van der Waals surface area contributed by atoms with Gasteiger partial charge in [0.2, 0.25) is 11.8 Å². The van der Waals surface area contributed by atoms with E-state index >= 15 is 0 Å². The first-order valence-corrected chi connectivity index (χ1v) is 10.0. The molecule has 1 atom stereocenters. The molecule has 12 heteroatoms. The summed E-state index contributed by atoms with van der Waals surface area (Å²) in [6.07, 6.45) is 0. The van der Waals surface area contributed by atoms with Gasteiger partial charge in [-0.25, -0.2) is 0 Å². The highest BCUT2D eigenvalue weighted by molar-refractivity contribution is 8.04. The first-order chi connectivity index (χ1) is 11.4. The van der Waals surface area contributed by atoms with Gasteiger partial charge in [-0.05, 0) is 18.4 Å². The van der Waals surface area contributed by atoms with Crippen molar-refractivity contribution in [1.29, 1.82) is 0 Å². The highest BCUT2D eigenvalue weighted by Crippen LogP contribution is 2.32. The van der Waals surface area contributed by atoms with E-state index in [4.69, 9.17) is 11.5 Å². The third-order valence-corrected chi connectivity index (χ3v) is 6.63. The molecule has 24 heavy (non-hydrogen) atoms. The lowest BCUT2D eigenvalue weighted by Gasteiger charge is -2.09. The topological polar surface area (TPSA) is 141 Å². The zero-order valence-corrected chi connectivity index (χ0v) is 15.6. The molecule has 0 saturated heterocycles. The van der Waals surface area contributed by atoms with Crippen LogP contribution in [0.4, 0.5) is 5.00 Å². The molecule has 2 aromatic rings. The van der Waals surface area contributed by atoms with Gasteiger partial charge in [-0.2, -0.15) is 0 Å². The molecule has 2 heterocycles. The summed E-state index contributed by atoms with van der Waals surface area (Å²) in [6, 6.07) is 1.56. The molecule has 8 nitrogen and oxygen atoms in total. The molecule has 3 amide bonds. The molecule has 0 aromatic carbocycles. The van der Waals surface area contributed by atoms with Crippen LogP contribution in [0.3, 0.4) is 0 Å². The largest absolute Gasteiger partial charge is 0.369 e. The van der Waals surface area contributed by atoms with Gasteiger partial charge >= 0.3 is 0 Å². The summed E-state index contributed by atoms with van der Waals surface area (Å²) in [5, 5.41) is 12.2. The first kappa shape index (κ1) is 18.7. The van der Waals surface area contributed by atoms with Gasteiger partial charge in [0.05, 0.1) is 16.6 Å². The number of carbonyl (C=O) groups excluding carboxylic acids is 3. The van der Waals surface area contributed by atoms with Crippen molar-refractivity contribution in [3.05, 3.63) is 17.0 Å². The number of thioether (sulfide) groups is 2. The Balaban J connectivity index is 1.93. The minimum Gasteiger partial charge on any atom is -0.369 e. The molecule has 128 valence electrons. The van der Waals surface area contributed by atoms with Crippen molar-refractivity contribution < 1.29 is 14.4 Å². The molecule has 0 aliphatic carbocycles. The third kappa shape index (κ3) is 5.19. The molecule has 2 aromatic heterocycles. The highest BCUT2D eigenvalue weighted by atomic mass is 32.2. The summed E-state index contributed by atoms with van der Waals surface area (Å²) in [7, 11) is 0. The van der Waals surface area contributed by atoms with E-state index in [9.17, 15) is 14.4 Å². The predicted molar refractivity (Wildman–Crippen MR) is 96.6 cm³/mol. The van der Waals surface area contributed by atoms with E-state index in [1.165, 1.54) is 46.2 Å². The molecule has 0 radical (unpaired) electrons. The lowest BCUT2D eigenvalue weighted by molar-refractivity contribution is -0.116. The Kier molecular flexibility index (Phi) is 6.60. The lowest BCUT2D eigenvalue weighted by Crippen LogP contribution is -2.23. The monoisotopic (exact) mass is 403 g/mol. The lowest BCUT2D eigenvalue weighted by atomic mass is 10.3. The van der Waals surface area contributed by atoms with E-state index in [0.29, 0.717) is 13.7 Å². The van der Waals surface area contributed by atoms with Crippen LogP contribution in [0.5, 0.6) is 0 Å². The number of primary amides is 2. The summed E-state index contributed by atoms with van der Waals surface area (Å²) < 4.78 is 1.21. The van der Waals surface area contributed by atoms with Crippen molar-refractivity contribution in [1.82, 2.24) is 10.2 Å². The number of anilines is 1. The fourth-order valence-corrected chi connectivity index (χ4v) is 5.15. The molecular formula is C12H13N5O3S4. The van der Waals surface area contributed by atoms with Gasteiger partial charge in [-0.3, -0.25) is 14.4 Å². The number of aromatic nitrogens is 2. The second-order valence-corrected chi connectivity index (χ2v) is 9.07. The molecule has 0 fully saturated rings. The Morgan fingerprint density at radius 2 is 2.00 bits per heavy atom. The number of nitrogens with two attached hydrogens (primary N) is 2. The smallest absolute Gasteiger partial charge is 0.251 e. The van der Waals surface area contributed by atoms with Crippen molar-refractivity contribution >= 4 is 68.9 Å². The van der Waals surface area contributed by atoms with Crippen LogP contribution in [0.1, 0.15) is 17.3 Å². The summed E-state index contributed by atoms with van der Waals surface area (Å²) in [5.41, 5.74) is 10.6. The van der Waals surface area contributed by atoms with Gasteiger partial charge in [-0.15, -0.1) is 21.5 Å². The number of rotatable bonds is 8. The number of hydrogen-bond donors (Lipinski definition) is 3. The Labute approximate surface area is 153 Å². The van der Waals surface area contributed by atoms with Gasteiger partial charge in [0.15, 0.2) is 8.68 Å². The maximum absolute atomic E-state index is 12.2. The molecular weight excluding hydrogens is 390 g/mol. The number of hydrogen-bond acceptors (Lipinski definition) is 9. The zero-order chi connectivity index (χ0) is 17.7. The average Bonchev–Trinajstić information content (AvgIpc) is 3.14. The van der Waals surface area contributed by atoms with Crippen molar-refractivity contribution in [2.75, 3.05) is 11.1 Å². The summed E-state index contributed by atoms with van der Waals surface area (Å²) >= 11 is 4.95. The van der Waals surface area contributed by atoms with Crippen LogP contribution >= 0.6 is 46.2 Å². The number of carbonyl (C=O) groups is 3. The van der Waals surface area contributed by atoms with E-state index in [2.05, 4.69) is 15.5 Å². The molecule has 0 unspecified atom stereocenters. The standard InChI is InChI=1S/C12H13N5O3S4/c1-5(9(20)15-10-6(8(14)19)2-3-21-10)23-12-17-16-11(24-12)22-4-7(13)18/h2-3,5H,4H2,1H3,(H2,13,18)(H2,14,19)(H,15,20)/t5-/m0/s1. The Morgan fingerprint density at radius 3 is 2.67 bits per heavy atom. The van der Waals surface area contributed by atoms with Crippen LogP contribution in [0, 0.1) is 0 Å². The van der Waals surface area contributed by atoms with Gasteiger partial charge in [0.1, 0.15) is 5.00 Å². The minimum atomic E-state index is -0.591. The molecule has 0 aliphatic heterocycles. The maximum Gasteiger partial charge on any atom is 0.251 e. The van der Waals surface area contributed by atoms with Crippen LogP contribution in [-0.2, 0) is 9.59 Å². The molecule has 0 saturated carbocycles. The fourth-order valence-electron chi connectivity index (χ4n) is 1.45. The van der Waals surface area contributed by atoms with Crippen molar-refractivity contribution in [3.63, 3.8) is 0 Å². The second kappa shape index (κ2) is 8.46. The maximum atomic E-state index is 12.2. The van der Waals surface area contributed by atoms with Crippen molar-refractivity contribution in [3.8, 4) is 0 Å². The van der Waals surface area contributed by atoms with Gasteiger partial charge in [-0.1, -0.05) is 34.9 Å². The summed E-state index contributed by atoms with van der Waals surface area (Å²) in [5.74, 6) is -1.17. The van der Waals surface area contributed by atoms with Crippen LogP contribution in [0.15, 0.2) is 20.1 Å². The van der Waals surface area contributed by atoms with Crippen molar-refractivity contribution in [2.24, 2.45) is 11.5 Å². The van der Waals surface area contributed by atoms with Crippen LogP contribution in [0.25, 0.3) is 0 Å². The Bertz CT molecular complexity index is 759. The van der Waals surface area contributed by atoms with E-state index in [0.717, 1.165) is 0 Å². The molecule has 0 spiro atoms. The van der Waals surface area contributed by atoms with Gasteiger partial charge in [0.25, 0.3) is 5.91 Å². The molecule has 2 rings (SSSR count). The van der Waals surface area contributed by atoms with E-state index in [1.807, 2.05) is 0 Å². The SMILES string of the molecule is C[C@H](Sc1nnc(SCC(N)=O)s1)C(=O)Nc1sccc1C(N)=O. The third-order valence-electron chi connectivity index (χ3n) is 2.54. The van der Waals surface area contributed by atoms with Crippen LogP contribution in [0.2, 0.25) is 0 Å². The van der Waals surface area contributed by atoms with E-state index in [-0.39, 0.29) is 17.2 Å². The predicted octanol–water partition coefficient (Wildman–Crippen LogP) is 1.40. The Morgan fingerprint density at radius 1 is 1.29 bits per heavy atom. The first-order valence-electron chi connectivity index (χ1n) is 6.46. The number of nitrogens with zero attached hydrogens (tertiary/aromatic N) is 2. The quantitative estimate of drug-likeness (QED) is 0.566. The minimum absolute atomic E-state index is 0.129. The van der Waals surface area contributed by atoms with Gasteiger partial charge in [0, 0.05) is 0 Å². The second-order valence-electron chi connectivity index (χ2n) is 4.37. The number of nitrogens with one attached hydrogen (secondary N) is 1. The van der Waals surface area contributed by atoms with Crippen molar-refractivity contribution in [2.45, 2.75) is 20.9 Å². The average molecular weight is 404 g/mol. The zero-order valence-electron chi connectivity index (χ0n) is 12.3. The molecule has 0 aliphatic rings. The van der Waals surface area contributed by atoms with Gasteiger partial charge < -0.3 is 16.8 Å². The number of amides is 3. The van der Waals surface area contributed by atoms with E-state index in [1.54, 1.807) is 18.4 Å². The normalized spacial score (nSPS) is 11.9. The van der Waals surface area contributed by atoms with Crippen LogP contribution < -0.4 is 16.8 Å². The highest BCUT2D eigenvalue weighted by Gasteiger charge is 2.20. The molecule has 5 N–H and O–H groups in total. The summed E-state index contributed by atoms with van der Waals surface area (Å²) in [4.78, 5) is 34.2. The van der Waals surface area contributed by atoms with Crippen LogP contribution in [-0.4, -0.2) is 38.9 Å². The Hall–Kier alpha value is -1.63. The summed E-state index contributed by atoms with van der Waals surface area (Å²) in [6.45, 7) is 1.72. The van der Waals surface area contributed by atoms with E-state index < -0.39 is 17.1 Å². The number of thiophene rings is 1.